The van der Waals surface area contributed by atoms with Gasteiger partial charge in [-0.2, -0.15) is 4.98 Å². The number of nitrogens with two attached hydrogens (primary N) is 1. The SMILES string of the molecule is Cc1noc(-c2cc(-c3cc(S(=O)(=O)NC4CCC(CO)CC4)ccc3C)cnc2N)n1. The minimum absolute atomic E-state index is 0.127. The minimum Gasteiger partial charge on any atom is -0.396 e. The smallest absolute Gasteiger partial charge is 0.261 e. The fourth-order valence-electron chi connectivity index (χ4n) is 4.03. The van der Waals surface area contributed by atoms with E-state index >= 15 is 0 Å². The van der Waals surface area contributed by atoms with Crippen LogP contribution in [-0.4, -0.2) is 41.3 Å². The Morgan fingerprint density at radius 2 is 1.91 bits per heavy atom. The second kappa shape index (κ2) is 8.97. The van der Waals surface area contributed by atoms with Crippen molar-refractivity contribution in [3.8, 4) is 22.6 Å². The van der Waals surface area contributed by atoms with Crippen molar-refractivity contribution in [3.63, 3.8) is 0 Å². The lowest BCUT2D eigenvalue weighted by atomic mass is 9.87. The number of nitrogen functional groups attached to an aromatic ring is 1. The van der Waals surface area contributed by atoms with Gasteiger partial charge >= 0.3 is 0 Å². The highest BCUT2D eigenvalue weighted by molar-refractivity contribution is 7.89. The number of pyridine rings is 1. The van der Waals surface area contributed by atoms with Crippen LogP contribution in [0.1, 0.15) is 37.1 Å². The van der Waals surface area contributed by atoms with Crippen molar-refractivity contribution in [2.45, 2.75) is 50.5 Å². The number of rotatable bonds is 6. The Bertz CT molecular complexity index is 1220. The van der Waals surface area contributed by atoms with Gasteiger partial charge in [-0.1, -0.05) is 11.2 Å². The van der Waals surface area contributed by atoms with E-state index in [0.717, 1.165) is 36.8 Å². The number of anilines is 1. The predicted molar refractivity (Wildman–Crippen MR) is 120 cm³/mol. The Labute approximate surface area is 187 Å². The highest BCUT2D eigenvalue weighted by Gasteiger charge is 2.26. The van der Waals surface area contributed by atoms with E-state index in [1.54, 1.807) is 37.4 Å². The van der Waals surface area contributed by atoms with E-state index in [4.69, 9.17) is 10.3 Å². The van der Waals surface area contributed by atoms with E-state index in [2.05, 4.69) is 19.8 Å². The number of aromatic nitrogens is 3. The summed E-state index contributed by atoms with van der Waals surface area (Å²) in [5.41, 5.74) is 8.82. The predicted octanol–water partition coefficient (Wildman–Crippen LogP) is 2.83. The molecule has 1 saturated carbocycles. The maximum atomic E-state index is 13.1. The number of aliphatic hydroxyl groups excluding tert-OH is 1. The fraction of sp³-hybridized carbons (Fsp3) is 0.409. The van der Waals surface area contributed by atoms with Crippen LogP contribution in [0, 0.1) is 19.8 Å². The van der Waals surface area contributed by atoms with Gasteiger partial charge in [-0.3, -0.25) is 0 Å². The number of nitrogens with one attached hydrogen (secondary N) is 1. The van der Waals surface area contributed by atoms with Crippen molar-refractivity contribution in [3.05, 3.63) is 41.9 Å². The van der Waals surface area contributed by atoms with E-state index < -0.39 is 10.0 Å². The maximum absolute atomic E-state index is 13.1. The molecule has 10 heteroatoms. The van der Waals surface area contributed by atoms with Crippen LogP contribution in [-0.2, 0) is 10.0 Å². The van der Waals surface area contributed by atoms with Crippen LogP contribution in [0.25, 0.3) is 22.6 Å². The zero-order valence-electron chi connectivity index (χ0n) is 18.1. The quantitative estimate of drug-likeness (QED) is 0.512. The summed E-state index contributed by atoms with van der Waals surface area (Å²) in [6.45, 7) is 3.77. The normalized spacial score (nSPS) is 19.2. The van der Waals surface area contributed by atoms with Crippen LogP contribution in [0.15, 0.2) is 39.9 Å². The van der Waals surface area contributed by atoms with Gasteiger partial charge in [0.25, 0.3) is 5.89 Å². The summed E-state index contributed by atoms with van der Waals surface area (Å²) in [4.78, 5) is 8.65. The van der Waals surface area contributed by atoms with E-state index in [0.29, 0.717) is 17.0 Å². The molecule has 2 heterocycles. The van der Waals surface area contributed by atoms with Crippen LogP contribution < -0.4 is 10.5 Å². The standard InChI is InChI=1S/C22H27N5O4S/c1-13-3-8-18(32(29,30)27-17-6-4-15(12-28)5-7-17)10-19(13)16-9-20(21(23)24-11-16)22-25-14(2)26-31-22/h3,8-11,15,17,27-28H,4-7,12H2,1-2H3,(H2,23,24). The fourth-order valence-corrected chi connectivity index (χ4v) is 5.36. The van der Waals surface area contributed by atoms with E-state index in [9.17, 15) is 13.5 Å². The molecule has 0 atom stereocenters. The van der Waals surface area contributed by atoms with Crippen molar-refractivity contribution in [2.75, 3.05) is 12.3 Å². The van der Waals surface area contributed by atoms with Crippen molar-refractivity contribution in [1.29, 1.82) is 0 Å². The molecule has 1 fully saturated rings. The molecule has 170 valence electrons. The first-order valence-electron chi connectivity index (χ1n) is 10.6. The van der Waals surface area contributed by atoms with Crippen molar-refractivity contribution < 1.29 is 18.0 Å². The summed E-state index contributed by atoms with van der Waals surface area (Å²) in [6, 6.07) is 6.68. The summed E-state index contributed by atoms with van der Waals surface area (Å²) in [5.74, 6) is 1.25. The topological polar surface area (TPSA) is 144 Å². The van der Waals surface area contributed by atoms with Gasteiger partial charge in [0.15, 0.2) is 5.82 Å². The van der Waals surface area contributed by atoms with Gasteiger partial charge in [-0.05, 0) is 74.8 Å². The molecule has 1 aliphatic carbocycles. The highest BCUT2D eigenvalue weighted by atomic mass is 32.2. The molecule has 0 amide bonds. The third-order valence-electron chi connectivity index (χ3n) is 5.93. The molecule has 1 aliphatic rings. The van der Waals surface area contributed by atoms with Crippen LogP contribution in [0.4, 0.5) is 5.82 Å². The molecular formula is C22H27N5O4S. The molecule has 0 radical (unpaired) electrons. The summed E-state index contributed by atoms with van der Waals surface area (Å²) in [6.07, 6.45) is 4.68. The second-order valence-electron chi connectivity index (χ2n) is 8.30. The Morgan fingerprint density at radius 3 is 2.56 bits per heavy atom. The Hall–Kier alpha value is -2.82. The molecule has 9 nitrogen and oxygen atoms in total. The van der Waals surface area contributed by atoms with Gasteiger partial charge in [0.2, 0.25) is 10.0 Å². The molecule has 0 aliphatic heterocycles. The first-order valence-corrected chi connectivity index (χ1v) is 12.1. The van der Waals surface area contributed by atoms with E-state index in [-0.39, 0.29) is 35.2 Å². The number of benzene rings is 1. The molecule has 4 rings (SSSR count). The largest absolute Gasteiger partial charge is 0.396 e. The molecule has 0 saturated heterocycles. The maximum Gasteiger partial charge on any atom is 0.261 e. The summed E-state index contributed by atoms with van der Waals surface area (Å²) >= 11 is 0. The highest BCUT2D eigenvalue weighted by Crippen LogP contribution is 2.32. The van der Waals surface area contributed by atoms with E-state index in [1.807, 2.05) is 6.92 Å². The molecule has 4 N–H and O–H groups in total. The average Bonchev–Trinajstić information content (AvgIpc) is 3.21. The average molecular weight is 458 g/mol. The van der Waals surface area contributed by atoms with Gasteiger partial charge < -0.3 is 15.4 Å². The van der Waals surface area contributed by atoms with Crippen molar-refractivity contribution in [2.24, 2.45) is 5.92 Å². The molecule has 32 heavy (non-hydrogen) atoms. The Balaban J connectivity index is 1.63. The Morgan fingerprint density at radius 1 is 1.16 bits per heavy atom. The van der Waals surface area contributed by atoms with Crippen molar-refractivity contribution in [1.82, 2.24) is 19.8 Å². The van der Waals surface area contributed by atoms with E-state index in [1.165, 1.54) is 0 Å². The summed E-state index contributed by atoms with van der Waals surface area (Å²) in [5, 5.41) is 13.1. The third kappa shape index (κ3) is 4.67. The molecule has 2 aromatic heterocycles. The zero-order valence-corrected chi connectivity index (χ0v) is 18.9. The molecule has 3 aromatic rings. The van der Waals surface area contributed by atoms with Crippen molar-refractivity contribution >= 4 is 15.8 Å². The third-order valence-corrected chi connectivity index (χ3v) is 7.45. The van der Waals surface area contributed by atoms with Crippen LogP contribution in [0.5, 0.6) is 0 Å². The number of hydrogen-bond donors (Lipinski definition) is 3. The van der Waals surface area contributed by atoms with Crippen LogP contribution >= 0.6 is 0 Å². The lowest BCUT2D eigenvalue weighted by Gasteiger charge is -2.27. The first-order chi connectivity index (χ1) is 15.3. The Kier molecular flexibility index (Phi) is 6.27. The molecule has 0 bridgehead atoms. The summed E-state index contributed by atoms with van der Waals surface area (Å²) in [7, 11) is -3.70. The lowest BCUT2D eigenvalue weighted by molar-refractivity contribution is 0.180. The molecule has 0 spiro atoms. The number of hydrogen-bond acceptors (Lipinski definition) is 8. The van der Waals surface area contributed by atoms with Gasteiger partial charge in [0.05, 0.1) is 10.5 Å². The number of aryl methyl sites for hydroxylation is 2. The number of nitrogens with zero attached hydrogens (tertiary/aromatic N) is 3. The minimum atomic E-state index is -3.70. The first kappa shape index (κ1) is 22.4. The monoisotopic (exact) mass is 457 g/mol. The zero-order chi connectivity index (χ0) is 22.9. The molecule has 1 aromatic carbocycles. The second-order valence-corrected chi connectivity index (χ2v) is 10.0. The lowest BCUT2D eigenvalue weighted by Crippen LogP contribution is -2.38. The van der Waals surface area contributed by atoms with Gasteiger partial charge in [-0.15, -0.1) is 0 Å². The van der Waals surface area contributed by atoms with Gasteiger partial charge in [-0.25, -0.2) is 18.1 Å². The number of sulfonamides is 1. The molecule has 0 unspecified atom stereocenters. The van der Waals surface area contributed by atoms with Crippen LogP contribution in [0.3, 0.4) is 0 Å². The van der Waals surface area contributed by atoms with Gasteiger partial charge in [0.1, 0.15) is 5.82 Å². The van der Waals surface area contributed by atoms with Gasteiger partial charge in [0, 0.05) is 24.4 Å². The molecular weight excluding hydrogens is 430 g/mol. The summed E-state index contributed by atoms with van der Waals surface area (Å²) < 4.78 is 34.2. The number of aliphatic hydroxyl groups is 1. The van der Waals surface area contributed by atoms with Crippen LogP contribution in [0.2, 0.25) is 0 Å².